The lowest BCUT2D eigenvalue weighted by molar-refractivity contribution is -0.111. The Hall–Kier alpha value is -3.80. The summed E-state index contributed by atoms with van der Waals surface area (Å²) in [5.74, 6) is 0.573. The van der Waals surface area contributed by atoms with Gasteiger partial charge >= 0.3 is 0 Å². The van der Waals surface area contributed by atoms with E-state index in [1.54, 1.807) is 30.5 Å². The molecule has 1 N–H and O–H groups in total. The number of nitrogens with zero attached hydrogens (tertiary/aromatic N) is 6. The van der Waals surface area contributed by atoms with Gasteiger partial charge in [-0.25, -0.2) is 9.97 Å². The molecule has 206 valence electrons. The lowest BCUT2D eigenvalue weighted by atomic mass is 10.2. The van der Waals surface area contributed by atoms with E-state index in [4.69, 9.17) is 14.5 Å². The molecular formula is C28H37N7O3Si. The predicted octanol–water partition coefficient (Wildman–Crippen LogP) is 5.09. The summed E-state index contributed by atoms with van der Waals surface area (Å²) < 4.78 is 16.0. The largest absolute Gasteiger partial charge is 0.437 e. The molecule has 3 heterocycles. The van der Waals surface area contributed by atoms with Gasteiger partial charge in [0, 0.05) is 56.5 Å². The first kappa shape index (κ1) is 28.2. The Morgan fingerprint density at radius 3 is 2.77 bits per heavy atom. The summed E-state index contributed by atoms with van der Waals surface area (Å²) in [6.45, 7) is 13.3. The van der Waals surface area contributed by atoms with Gasteiger partial charge in [-0.1, -0.05) is 32.3 Å². The number of nitrogens with one attached hydrogen (secondary N) is 1. The van der Waals surface area contributed by atoms with Crippen LogP contribution >= 0.6 is 0 Å². The van der Waals surface area contributed by atoms with Crippen LogP contribution in [-0.2, 0) is 22.8 Å². The summed E-state index contributed by atoms with van der Waals surface area (Å²) in [5, 5.41) is 7.28. The molecule has 1 aromatic carbocycles. The second-order valence-corrected chi connectivity index (χ2v) is 16.5. The van der Waals surface area contributed by atoms with Gasteiger partial charge in [-0.05, 0) is 38.3 Å². The van der Waals surface area contributed by atoms with Gasteiger partial charge in [-0.2, -0.15) is 5.10 Å². The van der Waals surface area contributed by atoms with Gasteiger partial charge in [-0.3, -0.25) is 9.48 Å². The Kier molecular flexibility index (Phi) is 8.95. The highest BCUT2D eigenvalue weighted by atomic mass is 28.3. The lowest BCUT2D eigenvalue weighted by Gasteiger charge is -2.15. The van der Waals surface area contributed by atoms with Crippen LogP contribution in [0.1, 0.15) is 0 Å². The Morgan fingerprint density at radius 1 is 1.21 bits per heavy atom. The number of likely N-dealkylation sites (N-methyl/N-ethyl adjacent to an activating group) is 1. The van der Waals surface area contributed by atoms with E-state index in [-0.39, 0.29) is 5.91 Å². The number of anilines is 1. The molecule has 0 aliphatic heterocycles. The van der Waals surface area contributed by atoms with Gasteiger partial charge in [0.15, 0.2) is 5.65 Å². The summed E-state index contributed by atoms with van der Waals surface area (Å²) >= 11 is 0. The fourth-order valence-corrected chi connectivity index (χ4v) is 4.57. The van der Waals surface area contributed by atoms with Crippen LogP contribution in [0.5, 0.6) is 11.6 Å². The van der Waals surface area contributed by atoms with E-state index in [1.807, 2.05) is 41.9 Å². The molecule has 0 saturated carbocycles. The topological polar surface area (TPSA) is 99.3 Å². The molecule has 0 fully saturated rings. The molecule has 10 nitrogen and oxygen atoms in total. The van der Waals surface area contributed by atoms with E-state index in [9.17, 15) is 4.79 Å². The maximum Gasteiger partial charge on any atom is 0.247 e. The average Bonchev–Trinajstić information content (AvgIpc) is 3.49. The lowest BCUT2D eigenvalue weighted by Crippen LogP contribution is -2.22. The summed E-state index contributed by atoms with van der Waals surface area (Å²) in [7, 11) is 2.89. The van der Waals surface area contributed by atoms with Crippen LogP contribution < -0.4 is 10.1 Å². The average molecular weight is 548 g/mol. The summed E-state index contributed by atoms with van der Waals surface area (Å²) in [4.78, 5) is 23.3. The van der Waals surface area contributed by atoms with E-state index < -0.39 is 8.07 Å². The molecule has 4 aromatic rings. The molecule has 11 heteroatoms. The minimum atomic E-state index is -1.19. The molecule has 3 aromatic heterocycles. The molecule has 0 aliphatic carbocycles. The molecule has 0 saturated heterocycles. The van der Waals surface area contributed by atoms with Crippen molar-refractivity contribution in [1.29, 1.82) is 0 Å². The van der Waals surface area contributed by atoms with E-state index in [2.05, 4.69) is 46.5 Å². The number of amides is 1. The molecule has 1 amide bonds. The number of hydrogen-bond donors (Lipinski definition) is 1. The van der Waals surface area contributed by atoms with Gasteiger partial charge in [0.2, 0.25) is 11.8 Å². The maximum absolute atomic E-state index is 11.7. The first-order valence-electron chi connectivity index (χ1n) is 12.9. The molecule has 0 atom stereocenters. The van der Waals surface area contributed by atoms with Gasteiger partial charge in [0.1, 0.15) is 18.0 Å². The number of ether oxygens (including phenoxy) is 2. The molecular weight excluding hydrogens is 510 g/mol. The first-order valence-corrected chi connectivity index (χ1v) is 16.6. The molecule has 0 aliphatic rings. The van der Waals surface area contributed by atoms with E-state index in [1.165, 1.54) is 6.08 Å². The van der Waals surface area contributed by atoms with Crippen LogP contribution in [0.25, 0.3) is 22.3 Å². The Morgan fingerprint density at radius 2 is 2.03 bits per heavy atom. The van der Waals surface area contributed by atoms with Crippen LogP contribution in [0.3, 0.4) is 0 Å². The van der Waals surface area contributed by atoms with E-state index in [0.717, 1.165) is 30.3 Å². The monoisotopic (exact) mass is 547 g/mol. The van der Waals surface area contributed by atoms with Gasteiger partial charge in [-0.15, -0.1) is 0 Å². The van der Waals surface area contributed by atoms with Crippen molar-refractivity contribution in [2.75, 3.05) is 32.6 Å². The number of hydrogen-bond acceptors (Lipinski definition) is 7. The maximum atomic E-state index is 11.7. The standard InChI is InChI=1S/C28H37N7O3Si/c1-7-25(36)31-22-9-8-10-23(15-22)38-26-17-29-28-27(32-26)24(19-34(28)20-37-13-14-39(4,5)6)21-16-30-35(18-21)12-11-33(2)3/h7-10,15-19H,1,11-14,20H2,2-6H3,(H,31,36). The minimum absolute atomic E-state index is 0.294. The number of aromatic nitrogens is 5. The van der Waals surface area contributed by atoms with Gasteiger partial charge in [0.05, 0.1) is 18.9 Å². The molecule has 39 heavy (non-hydrogen) atoms. The van der Waals surface area contributed by atoms with E-state index in [0.29, 0.717) is 41.8 Å². The third-order valence-electron chi connectivity index (χ3n) is 6.00. The highest BCUT2D eigenvalue weighted by Crippen LogP contribution is 2.31. The van der Waals surface area contributed by atoms with Crippen LogP contribution in [0.4, 0.5) is 5.69 Å². The second kappa shape index (κ2) is 12.4. The first-order chi connectivity index (χ1) is 18.6. The third kappa shape index (κ3) is 7.85. The van der Waals surface area contributed by atoms with Crippen LogP contribution in [0.15, 0.2) is 61.7 Å². The summed E-state index contributed by atoms with van der Waals surface area (Å²) in [6, 6.07) is 8.18. The highest BCUT2D eigenvalue weighted by Gasteiger charge is 2.17. The predicted molar refractivity (Wildman–Crippen MR) is 157 cm³/mol. The molecule has 0 spiro atoms. The quantitative estimate of drug-likeness (QED) is 0.141. The van der Waals surface area contributed by atoms with E-state index >= 15 is 0 Å². The number of carbonyl (C=O) groups excluding carboxylic acids is 1. The summed E-state index contributed by atoms with van der Waals surface area (Å²) in [5.41, 5.74) is 3.85. The zero-order chi connectivity index (χ0) is 28.0. The van der Waals surface area contributed by atoms with Crippen LogP contribution in [0.2, 0.25) is 25.7 Å². The minimum Gasteiger partial charge on any atom is -0.437 e. The SMILES string of the molecule is C=CC(=O)Nc1cccc(Oc2cnc3c(n2)c(-c2cnn(CCN(C)C)c2)cn3COCC[Si](C)(C)C)c1. The van der Waals surface area contributed by atoms with Crippen molar-refractivity contribution in [3.8, 4) is 22.8 Å². The van der Waals surface area contributed by atoms with Crippen molar-refractivity contribution in [3.63, 3.8) is 0 Å². The molecule has 0 bridgehead atoms. The number of benzene rings is 1. The van der Waals surface area contributed by atoms with Crippen molar-refractivity contribution < 1.29 is 14.3 Å². The van der Waals surface area contributed by atoms with Gasteiger partial charge in [0.25, 0.3) is 0 Å². The smallest absolute Gasteiger partial charge is 0.247 e. The van der Waals surface area contributed by atoms with Crippen molar-refractivity contribution >= 4 is 30.8 Å². The van der Waals surface area contributed by atoms with Crippen molar-refractivity contribution in [1.82, 2.24) is 29.2 Å². The second-order valence-electron chi connectivity index (χ2n) is 10.9. The van der Waals surface area contributed by atoms with Crippen LogP contribution in [0, 0.1) is 0 Å². The summed E-state index contributed by atoms with van der Waals surface area (Å²) in [6.07, 6.45) is 8.70. The Bertz CT molecular complexity index is 1440. The highest BCUT2D eigenvalue weighted by molar-refractivity contribution is 6.76. The van der Waals surface area contributed by atoms with Gasteiger partial charge < -0.3 is 24.3 Å². The normalized spacial score (nSPS) is 11.7. The molecule has 0 radical (unpaired) electrons. The third-order valence-corrected chi connectivity index (χ3v) is 7.70. The molecule has 4 rings (SSSR count). The zero-order valence-electron chi connectivity index (χ0n) is 23.3. The van der Waals surface area contributed by atoms with Crippen LogP contribution in [-0.4, -0.2) is 70.4 Å². The fourth-order valence-electron chi connectivity index (χ4n) is 3.81. The number of fused-ring (bicyclic) bond motifs is 1. The van der Waals surface area contributed by atoms with Crippen molar-refractivity contribution in [2.24, 2.45) is 0 Å². The number of rotatable bonds is 13. The molecule has 0 unspecified atom stereocenters. The zero-order valence-corrected chi connectivity index (χ0v) is 24.3. The Labute approximate surface area is 230 Å². The van der Waals surface area contributed by atoms with Crippen molar-refractivity contribution in [2.45, 2.75) is 39.0 Å². The number of carbonyl (C=O) groups is 1. The fraction of sp³-hybridized carbons (Fsp3) is 0.357. The Balaban J connectivity index is 1.63. The van der Waals surface area contributed by atoms with Crippen molar-refractivity contribution in [3.05, 3.63) is 61.7 Å².